The van der Waals surface area contributed by atoms with Gasteiger partial charge in [-0.05, 0) is 29.8 Å². The molecule has 1 atom stereocenters. The van der Waals surface area contributed by atoms with Gasteiger partial charge >= 0.3 is 0 Å². The van der Waals surface area contributed by atoms with Crippen molar-refractivity contribution in [3.63, 3.8) is 0 Å². The molecule has 3 aromatic rings. The number of halogens is 3. The van der Waals surface area contributed by atoms with Gasteiger partial charge in [-0.25, -0.2) is 8.42 Å². The molecule has 7 nitrogen and oxygen atoms in total. The Morgan fingerprint density at radius 2 is 1.59 bits per heavy atom. The molecule has 0 radical (unpaired) electrons. The molecule has 1 aliphatic heterocycles. The summed E-state index contributed by atoms with van der Waals surface area (Å²) in [5.74, 6) is -1.16. The highest BCUT2D eigenvalue weighted by Crippen LogP contribution is 2.41. The summed E-state index contributed by atoms with van der Waals surface area (Å²) in [6, 6.07) is 16.7. The Hall–Kier alpha value is -2.78. The molecular formula is C23H18Cl3N3O4S. The van der Waals surface area contributed by atoms with E-state index in [2.05, 4.69) is 10.6 Å². The standard InChI is InChI=1S/C23H18Cl3N3O4S/c24-15-10-16(25)22(17(26)11-15)34(32,33)29-19-9-5-4-8-18(19)28-23(31)20(29)12-21(30)27-13-14-6-2-1-3-7-14/h1-11,20H,12-13H2,(H,27,30)(H,28,31)/t20-/m1/s1. The third-order valence-corrected chi connectivity index (χ3v) is 8.14. The largest absolute Gasteiger partial charge is 0.352 e. The van der Waals surface area contributed by atoms with E-state index in [1.807, 2.05) is 30.3 Å². The number of fused-ring (bicyclic) bond motifs is 1. The topological polar surface area (TPSA) is 95.6 Å². The number of amides is 2. The molecular weight excluding hydrogens is 521 g/mol. The van der Waals surface area contributed by atoms with Gasteiger partial charge in [-0.3, -0.25) is 13.9 Å². The van der Waals surface area contributed by atoms with Crippen LogP contribution in [-0.4, -0.2) is 26.3 Å². The number of nitrogens with one attached hydrogen (secondary N) is 2. The third-order valence-electron chi connectivity index (χ3n) is 5.18. The van der Waals surface area contributed by atoms with Crippen molar-refractivity contribution in [1.29, 1.82) is 0 Å². The number of rotatable bonds is 6. The maximum atomic E-state index is 13.8. The molecule has 0 unspecified atom stereocenters. The van der Waals surface area contributed by atoms with Gasteiger partial charge in [0.15, 0.2) is 0 Å². The van der Waals surface area contributed by atoms with Crippen LogP contribution in [-0.2, 0) is 26.2 Å². The number of hydrogen-bond donors (Lipinski definition) is 2. The van der Waals surface area contributed by atoms with Gasteiger partial charge < -0.3 is 10.6 Å². The molecule has 2 N–H and O–H groups in total. The maximum Gasteiger partial charge on any atom is 0.268 e. The zero-order valence-corrected chi connectivity index (χ0v) is 20.5. The Balaban J connectivity index is 1.72. The summed E-state index contributed by atoms with van der Waals surface area (Å²) in [5, 5.41) is 5.15. The van der Waals surface area contributed by atoms with E-state index in [9.17, 15) is 18.0 Å². The molecule has 34 heavy (non-hydrogen) atoms. The van der Waals surface area contributed by atoms with Crippen molar-refractivity contribution in [3.8, 4) is 0 Å². The number of benzene rings is 3. The van der Waals surface area contributed by atoms with Gasteiger partial charge in [0.25, 0.3) is 10.0 Å². The van der Waals surface area contributed by atoms with Gasteiger partial charge in [0.1, 0.15) is 10.9 Å². The highest BCUT2D eigenvalue weighted by atomic mass is 35.5. The Kier molecular flexibility index (Phi) is 7.04. The molecule has 11 heteroatoms. The smallest absolute Gasteiger partial charge is 0.268 e. The van der Waals surface area contributed by atoms with Crippen LogP contribution in [0.15, 0.2) is 71.6 Å². The van der Waals surface area contributed by atoms with E-state index in [0.29, 0.717) is 0 Å². The minimum Gasteiger partial charge on any atom is -0.352 e. The van der Waals surface area contributed by atoms with Crippen LogP contribution in [0.4, 0.5) is 11.4 Å². The van der Waals surface area contributed by atoms with Gasteiger partial charge in [0.2, 0.25) is 11.8 Å². The molecule has 176 valence electrons. The van der Waals surface area contributed by atoms with E-state index in [4.69, 9.17) is 34.8 Å². The highest BCUT2D eigenvalue weighted by molar-refractivity contribution is 7.93. The van der Waals surface area contributed by atoms with Crippen LogP contribution in [0, 0.1) is 0 Å². The van der Waals surface area contributed by atoms with Crippen LogP contribution < -0.4 is 14.9 Å². The number of para-hydroxylation sites is 2. The lowest BCUT2D eigenvalue weighted by Crippen LogP contribution is -2.52. The zero-order valence-electron chi connectivity index (χ0n) is 17.5. The third kappa shape index (κ3) is 4.86. The summed E-state index contributed by atoms with van der Waals surface area (Å²) in [6.45, 7) is 0.228. The minimum atomic E-state index is -4.48. The average Bonchev–Trinajstić information content (AvgIpc) is 2.77. The van der Waals surface area contributed by atoms with E-state index in [-0.39, 0.29) is 33.0 Å². The molecule has 1 aliphatic rings. The van der Waals surface area contributed by atoms with Crippen molar-refractivity contribution in [2.45, 2.75) is 23.9 Å². The molecule has 0 saturated heterocycles. The predicted octanol–water partition coefficient (Wildman–Crippen LogP) is 4.87. The van der Waals surface area contributed by atoms with Gasteiger partial charge in [0, 0.05) is 11.6 Å². The van der Waals surface area contributed by atoms with Crippen molar-refractivity contribution >= 4 is 68.0 Å². The molecule has 3 aromatic carbocycles. The maximum absolute atomic E-state index is 13.8. The van der Waals surface area contributed by atoms with Crippen LogP contribution in [0.3, 0.4) is 0 Å². The number of sulfonamides is 1. The number of anilines is 2. The van der Waals surface area contributed by atoms with Crippen LogP contribution in [0.5, 0.6) is 0 Å². The molecule has 1 heterocycles. The Bertz CT molecular complexity index is 1340. The van der Waals surface area contributed by atoms with Crippen molar-refractivity contribution in [2.75, 3.05) is 9.62 Å². The molecule has 0 saturated carbocycles. The summed E-state index contributed by atoms with van der Waals surface area (Å²) in [4.78, 5) is 25.3. The second kappa shape index (κ2) is 9.84. The molecule has 0 bridgehead atoms. The zero-order chi connectivity index (χ0) is 24.5. The lowest BCUT2D eigenvalue weighted by atomic mass is 10.1. The number of hydrogen-bond acceptors (Lipinski definition) is 4. The fourth-order valence-corrected chi connectivity index (χ4v) is 6.79. The number of carbonyl (C=O) groups is 2. The van der Waals surface area contributed by atoms with E-state index in [0.717, 1.165) is 9.87 Å². The first kappa shape index (κ1) is 24.3. The van der Waals surface area contributed by atoms with E-state index >= 15 is 0 Å². The highest BCUT2D eigenvalue weighted by Gasteiger charge is 2.43. The summed E-state index contributed by atoms with van der Waals surface area (Å²) in [5.41, 5.74) is 1.32. The average molecular weight is 539 g/mol. The summed E-state index contributed by atoms with van der Waals surface area (Å²) < 4.78 is 28.5. The number of nitrogens with zero attached hydrogens (tertiary/aromatic N) is 1. The van der Waals surface area contributed by atoms with Crippen LogP contribution in [0.2, 0.25) is 15.1 Å². The van der Waals surface area contributed by atoms with Crippen LogP contribution in [0.1, 0.15) is 12.0 Å². The Morgan fingerprint density at radius 1 is 0.971 bits per heavy atom. The second-order valence-corrected chi connectivity index (χ2v) is 10.5. The normalized spacial score (nSPS) is 15.4. The Labute approximate surface area is 211 Å². The van der Waals surface area contributed by atoms with Crippen LogP contribution in [0.25, 0.3) is 0 Å². The first-order chi connectivity index (χ1) is 16.2. The van der Waals surface area contributed by atoms with Crippen LogP contribution >= 0.6 is 34.8 Å². The van der Waals surface area contributed by atoms with Crippen molar-refractivity contribution in [2.24, 2.45) is 0 Å². The lowest BCUT2D eigenvalue weighted by molar-refractivity contribution is -0.125. The minimum absolute atomic E-state index is 0.155. The van der Waals surface area contributed by atoms with Gasteiger partial charge in [-0.1, -0.05) is 77.3 Å². The van der Waals surface area contributed by atoms with E-state index in [1.54, 1.807) is 18.2 Å². The molecule has 0 aromatic heterocycles. The first-order valence-corrected chi connectivity index (χ1v) is 12.7. The molecule has 0 spiro atoms. The van der Waals surface area contributed by atoms with E-state index in [1.165, 1.54) is 18.2 Å². The lowest BCUT2D eigenvalue weighted by Gasteiger charge is -2.37. The molecule has 2 amide bonds. The molecule has 0 fully saturated rings. The molecule has 0 aliphatic carbocycles. The van der Waals surface area contributed by atoms with Gasteiger partial charge in [0.05, 0.1) is 27.8 Å². The van der Waals surface area contributed by atoms with Crippen molar-refractivity contribution in [1.82, 2.24) is 5.32 Å². The van der Waals surface area contributed by atoms with Gasteiger partial charge in [-0.2, -0.15) is 0 Å². The first-order valence-electron chi connectivity index (χ1n) is 10.1. The Morgan fingerprint density at radius 3 is 2.26 bits per heavy atom. The number of carbonyl (C=O) groups excluding carboxylic acids is 2. The van der Waals surface area contributed by atoms with Crippen molar-refractivity contribution < 1.29 is 18.0 Å². The quantitative estimate of drug-likeness (QED) is 0.468. The fraction of sp³-hybridized carbons (Fsp3) is 0.130. The van der Waals surface area contributed by atoms with Crippen molar-refractivity contribution in [3.05, 3.63) is 87.4 Å². The SMILES string of the molecule is O=C(C[C@@H]1C(=O)Nc2ccccc2N1S(=O)(=O)c1c(Cl)cc(Cl)cc1Cl)NCc1ccccc1. The summed E-state index contributed by atoms with van der Waals surface area (Å²) in [7, 11) is -4.48. The monoisotopic (exact) mass is 537 g/mol. The van der Waals surface area contributed by atoms with Gasteiger partial charge in [-0.15, -0.1) is 0 Å². The summed E-state index contributed by atoms with van der Waals surface area (Å²) in [6.07, 6.45) is -0.422. The second-order valence-electron chi connectivity index (χ2n) is 7.49. The summed E-state index contributed by atoms with van der Waals surface area (Å²) >= 11 is 18.4. The van der Waals surface area contributed by atoms with E-state index < -0.39 is 39.2 Å². The predicted molar refractivity (Wildman–Crippen MR) is 133 cm³/mol. The fourth-order valence-electron chi connectivity index (χ4n) is 3.65. The molecule has 4 rings (SSSR count).